The van der Waals surface area contributed by atoms with Gasteiger partial charge >= 0.3 is 0 Å². The molecule has 1 aromatic heterocycles. The maximum atomic E-state index is 3.33. The van der Waals surface area contributed by atoms with Crippen LogP contribution >= 0.6 is 0 Å². The molecule has 1 N–H and O–H groups in total. The molecule has 0 saturated heterocycles. The molecule has 11 heavy (non-hydrogen) atoms. The van der Waals surface area contributed by atoms with Gasteiger partial charge in [-0.1, -0.05) is 18.2 Å². The van der Waals surface area contributed by atoms with Gasteiger partial charge in [-0.25, -0.2) is 0 Å². The van der Waals surface area contributed by atoms with Gasteiger partial charge in [0.05, 0.1) is 0 Å². The third-order valence-electron chi connectivity index (χ3n) is 2.00. The smallest absolute Gasteiger partial charge is 0.0485 e. The number of aryl methyl sites for hydroxylation is 2. The Hall–Kier alpha value is -1.24. The zero-order valence-corrected chi connectivity index (χ0v) is 6.81. The quantitative estimate of drug-likeness (QED) is 0.589. The second-order valence-electron chi connectivity index (χ2n) is 2.99. The summed E-state index contributed by atoms with van der Waals surface area (Å²) in [5.41, 5.74) is 3.81. The van der Waals surface area contributed by atoms with Gasteiger partial charge in [0.25, 0.3) is 0 Å². The molecule has 0 spiro atoms. The van der Waals surface area contributed by atoms with E-state index in [0.29, 0.717) is 0 Å². The van der Waals surface area contributed by atoms with E-state index >= 15 is 0 Å². The van der Waals surface area contributed by atoms with E-state index in [1.54, 1.807) is 0 Å². The third kappa shape index (κ3) is 0.929. The van der Waals surface area contributed by atoms with Gasteiger partial charge < -0.3 is 4.98 Å². The number of benzene rings is 1. The van der Waals surface area contributed by atoms with Gasteiger partial charge in [-0.15, -0.1) is 0 Å². The van der Waals surface area contributed by atoms with Gasteiger partial charge in [0.15, 0.2) is 0 Å². The van der Waals surface area contributed by atoms with Crippen LogP contribution in [0.2, 0.25) is 0 Å². The van der Waals surface area contributed by atoms with Crippen LogP contribution in [-0.4, -0.2) is 4.98 Å². The van der Waals surface area contributed by atoms with E-state index in [9.17, 15) is 0 Å². The highest BCUT2D eigenvalue weighted by Crippen LogP contribution is 2.17. The van der Waals surface area contributed by atoms with Crippen molar-refractivity contribution in [3.63, 3.8) is 0 Å². The predicted octanol–water partition coefficient (Wildman–Crippen LogP) is 3.03. The zero-order valence-electron chi connectivity index (χ0n) is 6.81. The van der Waals surface area contributed by atoms with Crippen molar-refractivity contribution >= 4 is 10.9 Å². The second kappa shape index (κ2) is 2.12. The first-order valence-corrected chi connectivity index (χ1v) is 3.82. The fourth-order valence-electron chi connectivity index (χ4n) is 1.45. The Balaban J connectivity index is 0.000000720. The highest BCUT2D eigenvalue weighted by molar-refractivity contribution is 5.83. The maximum Gasteiger partial charge on any atom is 0.0485 e. The summed E-state index contributed by atoms with van der Waals surface area (Å²) < 4.78 is 0. The number of para-hydroxylation sites is 1. The molecule has 0 fully saturated rings. The molecule has 0 aliphatic heterocycles. The monoisotopic (exact) mass is 147 g/mol. The lowest BCUT2D eigenvalue weighted by Crippen LogP contribution is -1.74. The van der Waals surface area contributed by atoms with Crippen molar-refractivity contribution in [1.29, 1.82) is 0 Å². The molecular formula is C10H13N. The van der Waals surface area contributed by atoms with Crippen molar-refractivity contribution in [1.82, 2.24) is 4.98 Å². The Bertz CT molecular complexity index is 390. The summed E-state index contributed by atoms with van der Waals surface area (Å²) in [4.78, 5) is 3.33. The molecule has 2 aromatic rings. The van der Waals surface area contributed by atoms with Crippen LogP contribution in [0.1, 0.15) is 12.7 Å². The summed E-state index contributed by atoms with van der Waals surface area (Å²) in [6.45, 7) is 4.21. The number of nitrogens with one attached hydrogen (secondary N) is 1. The average molecular weight is 147 g/mol. The standard InChI is InChI=1S/C10H11N.H2/c1-7-4-3-5-9-6-8(2)11-10(7)9;/h3-6,11H,1-2H3;1H. The molecule has 0 aliphatic rings. The lowest BCUT2D eigenvalue weighted by Gasteiger charge is -1.92. The van der Waals surface area contributed by atoms with Gasteiger partial charge in [-0.3, -0.25) is 0 Å². The van der Waals surface area contributed by atoms with Gasteiger partial charge in [0, 0.05) is 12.6 Å². The summed E-state index contributed by atoms with van der Waals surface area (Å²) in [5, 5.41) is 1.31. The number of H-pyrrole nitrogens is 1. The molecule has 0 amide bonds. The van der Waals surface area contributed by atoms with Gasteiger partial charge in [0.1, 0.15) is 0 Å². The summed E-state index contributed by atoms with van der Waals surface area (Å²) in [6, 6.07) is 8.51. The van der Waals surface area contributed by atoms with Crippen molar-refractivity contribution in [3.8, 4) is 0 Å². The molecule has 0 bridgehead atoms. The summed E-state index contributed by atoms with van der Waals surface area (Å²) in [6.07, 6.45) is 0. The fraction of sp³-hybridized carbons (Fsp3) is 0.200. The van der Waals surface area contributed by atoms with E-state index in [1.165, 1.54) is 22.2 Å². The van der Waals surface area contributed by atoms with Gasteiger partial charge in [-0.05, 0) is 30.9 Å². The van der Waals surface area contributed by atoms with Crippen molar-refractivity contribution in [2.24, 2.45) is 0 Å². The van der Waals surface area contributed by atoms with Crippen LogP contribution in [0.3, 0.4) is 0 Å². The molecule has 0 unspecified atom stereocenters. The van der Waals surface area contributed by atoms with E-state index in [0.717, 1.165) is 0 Å². The molecule has 1 aromatic carbocycles. The Kier molecular flexibility index (Phi) is 1.25. The molecule has 1 heterocycles. The number of aromatic amines is 1. The van der Waals surface area contributed by atoms with Crippen LogP contribution in [0.5, 0.6) is 0 Å². The van der Waals surface area contributed by atoms with Crippen molar-refractivity contribution in [2.45, 2.75) is 13.8 Å². The Morgan fingerprint density at radius 1 is 1.27 bits per heavy atom. The minimum Gasteiger partial charge on any atom is -0.358 e. The number of aromatic nitrogens is 1. The topological polar surface area (TPSA) is 15.8 Å². The minimum atomic E-state index is 0. The van der Waals surface area contributed by atoms with E-state index < -0.39 is 0 Å². The van der Waals surface area contributed by atoms with Crippen LogP contribution in [-0.2, 0) is 0 Å². The highest BCUT2D eigenvalue weighted by Gasteiger charge is 1.97. The number of fused-ring (bicyclic) bond motifs is 1. The van der Waals surface area contributed by atoms with Crippen LogP contribution in [0.4, 0.5) is 0 Å². The largest absolute Gasteiger partial charge is 0.358 e. The van der Waals surface area contributed by atoms with Crippen LogP contribution in [0, 0.1) is 13.8 Å². The van der Waals surface area contributed by atoms with Crippen molar-refractivity contribution in [2.75, 3.05) is 0 Å². The SMILES string of the molecule is Cc1cc2cccc(C)c2[nH]1.[HH]. The van der Waals surface area contributed by atoms with Crippen LogP contribution in [0.25, 0.3) is 10.9 Å². The normalized spacial score (nSPS) is 10.7. The molecule has 58 valence electrons. The molecule has 1 heteroatoms. The third-order valence-corrected chi connectivity index (χ3v) is 2.00. The Morgan fingerprint density at radius 2 is 2.09 bits per heavy atom. The first kappa shape index (κ1) is 6.47. The number of rotatable bonds is 0. The first-order valence-electron chi connectivity index (χ1n) is 3.82. The van der Waals surface area contributed by atoms with Gasteiger partial charge in [-0.2, -0.15) is 0 Å². The van der Waals surface area contributed by atoms with Crippen molar-refractivity contribution < 1.29 is 1.43 Å². The highest BCUT2D eigenvalue weighted by atomic mass is 14.7. The Morgan fingerprint density at radius 3 is 2.82 bits per heavy atom. The first-order chi connectivity index (χ1) is 5.27. The zero-order chi connectivity index (χ0) is 7.84. The van der Waals surface area contributed by atoms with Gasteiger partial charge in [0.2, 0.25) is 0 Å². The molecule has 2 rings (SSSR count). The lowest BCUT2D eigenvalue weighted by molar-refractivity contribution is 1.29. The maximum absolute atomic E-state index is 3.33. The summed E-state index contributed by atoms with van der Waals surface area (Å²) in [5.74, 6) is 0. The Labute approximate surface area is 67.5 Å². The molecular weight excluding hydrogens is 134 g/mol. The van der Waals surface area contributed by atoms with E-state index in [-0.39, 0.29) is 1.43 Å². The molecule has 1 nitrogen and oxygen atoms in total. The second-order valence-corrected chi connectivity index (χ2v) is 2.99. The number of hydrogen-bond donors (Lipinski definition) is 1. The van der Waals surface area contributed by atoms with E-state index in [1.807, 2.05) is 0 Å². The summed E-state index contributed by atoms with van der Waals surface area (Å²) in [7, 11) is 0. The van der Waals surface area contributed by atoms with Crippen LogP contribution < -0.4 is 0 Å². The van der Waals surface area contributed by atoms with E-state index in [2.05, 4.69) is 43.1 Å². The number of hydrogen-bond acceptors (Lipinski definition) is 0. The summed E-state index contributed by atoms with van der Waals surface area (Å²) >= 11 is 0. The molecule has 0 atom stereocenters. The predicted molar refractivity (Wildman–Crippen MR) is 49.9 cm³/mol. The molecule has 0 saturated carbocycles. The molecule has 0 aliphatic carbocycles. The van der Waals surface area contributed by atoms with E-state index in [4.69, 9.17) is 0 Å². The fourth-order valence-corrected chi connectivity index (χ4v) is 1.45. The van der Waals surface area contributed by atoms with Crippen LogP contribution in [0.15, 0.2) is 24.3 Å². The average Bonchev–Trinajstić information content (AvgIpc) is 2.31. The minimum absolute atomic E-state index is 0. The van der Waals surface area contributed by atoms with Crippen molar-refractivity contribution in [3.05, 3.63) is 35.5 Å². The lowest BCUT2D eigenvalue weighted by atomic mass is 10.2. The molecule has 0 radical (unpaired) electrons.